The molecule has 3 aromatic rings. The highest BCUT2D eigenvalue weighted by Crippen LogP contribution is 2.23. The van der Waals surface area contributed by atoms with Gasteiger partial charge in [0.2, 0.25) is 0 Å². The molecule has 1 amide bonds. The minimum Gasteiger partial charge on any atom is -0.497 e. The number of aryl methyl sites for hydroxylation is 1. The van der Waals surface area contributed by atoms with Crippen LogP contribution in [0.1, 0.15) is 16.1 Å². The van der Waals surface area contributed by atoms with Crippen molar-refractivity contribution in [1.82, 2.24) is 20.0 Å². The van der Waals surface area contributed by atoms with Crippen LogP contribution in [0.4, 0.5) is 5.82 Å². The largest absolute Gasteiger partial charge is 0.497 e. The number of aromatic nitrogens is 4. The zero-order valence-electron chi connectivity index (χ0n) is 13.1. The first kappa shape index (κ1) is 15.3. The molecule has 0 saturated heterocycles. The Bertz CT molecular complexity index is 934. The van der Waals surface area contributed by atoms with Crippen LogP contribution in [-0.2, 0) is 7.05 Å². The number of carbonyl (C=O) groups is 1. The first-order chi connectivity index (χ1) is 11.6. The van der Waals surface area contributed by atoms with Crippen molar-refractivity contribution < 1.29 is 9.53 Å². The quantitative estimate of drug-likeness (QED) is 0.763. The van der Waals surface area contributed by atoms with E-state index in [1.165, 1.54) is 10.9 Å². The normalized spacial score (nSPS) is 10.2. The average Bonchev–Trinajstić information content (AvgIpc) is 3.23. The summed E-state index contributed by atoms with van der Waals surface area (Å²) < 4.78 is 6.61. The van der Waals surface area contributed by atoms with Crippen molar-refractivity contribution in [2.45, 2.75) is 0 Å². The summed E-state index contributed by atoms with van der Waals surface area (Å²) in [7, 11) is 3.23. The molecule has 0 spiro atoms. The van der Waals surface area contributed by atoms with Crippen LogP contribution in [0.15, 0.2) is 36.5 Å². The van der Waals surface area contributed by atoms with E-state index < -0.39 is 5.91 Å². The molecule has 1 aromatic carbocycles. The molecule has 120 valence electrons. The molecule has 8 nitrogen and oxygen atoms in total. The van der Waals surface area contributed by atoms with Gasteiger partial charge in [0, 0.05) is 12.6 Å². The minimum atomic E-state index is -0.406. The third-order valence-corrected chi connectivity index (χ3v) is 3.48. The zero-order chi connectivity index (χ0) is 17.1. The number of ether oxygens (including phenoxy) is 1. The third-order valence-electron chi connectivity index (χ3n) is 3.48. The summed E-state index contributed by atoms with van der Waals surface area (Å²) in [5.74, 6) is 0.631. The highest BCUT2D eigenvalue weighted by molar-refractivity contribution is 6.03. The number of amides is 1. The lowest BCUT2D eigenvalue weighted by Gasteiger charge is -2.04. The van der Waals surface area contributed by atoms with Crippen molar-refractivity contribution in [3.05, 3.63) is 47.8 Å². The molecule has 0 aliphatic heterocycles. The number of H-pyrrole nitrogens is 1. The molecule has 0 atom stereocenters. The van der Waals surface area contributed by atoms with E-state index >= 15 is 0 Å². The molecule has 2 N–H and O–H groups in total. The minimum absolute atomic E-state index is 0.276. The zero-order valence-corrected chi connectivity index (χ0v) is 13.1. The molecule has 24 heavy (non-hydrogen) atoms. The second-order valence-corrected chi connectivity index (χ2v) is 5.00. The van der Waals surface area contributed by atoms with Crippen molar-refractivity contribution >= 4 is 11.7 Å². The molecule has 0 unspecified atom stereocenters. The standard InChI is InChI=1S/C16H14N6O2/c1-22-15(11(8-17)9-18-22)19-16(23)14-7-13(20-21-14)10-4-3-5-12(6-10)24-2/h3-7,9H,1-2H3,(H,19,23)(H,20,21). The van der Waals surface area contributed by atoms with Gasteiger partial charge in [-0.05, 0) is 18.2 Å². The van der Waals surface area contributed by atoms with Gasteiger partial charge >= 0.3 is 0 Å². The van der Waals surface area contributed by atoms with E-state index in [1.807, 2.05) is 30.3 Å². The maximum absolute atomic E-state index is 12.3. The maximum Gasteiger partial charge on any atom is 0.274 e. The van der Waals surface area contributed by atoms with Gasteiger partial charge in [-0.3, -0.25) is 14.6 Å². The van der Waals surface area contributed by atoms with Crippen LogP contribution in [-0.4, -0.2) is 33.0 Å². The first-order valence-electron chi connectivity index (χ1n) is 7.05. The third kappa shape index (κ3) is 2.83. The summed E-state index contributed by atoms with van der Waals surface area (Å²) in [5.41, 5.74) is 2.00. The summed E-state index contributed by atoms with van der Waals surface area (Å²) in [5, 5.41) is 22.5. The van der Waals surface area contributed by atoms with Crippen molar-refractivity contribution in [3.63, 3.8) is 0 Å². The molecule has 0 fully saturated rings. The Morgan fingerprint density at radius 3 is 3.00 bits per heavy atom. The molecule has 0 bridgehead atoms. The lowest BCUT2D eigenvalue weighted by molar-refractivity contribution is 0.102. The second-order valence-electron chi connectivity index (χ2n) is 5.00. The van der Waals surface area contributed by atoms with Crippen molar-refractivity contribution in [2.24, 2.45) is 7.05 Å². The van der Waals surface area contributed by atoms with Crippen LogP contribution in [0, 0.1) is 11.3 Å². The van der Waals surface area contributed by atoms with Crippen molar-refractivity contribution in [3.8, 4) is 23.1 Å². The topological polar surface area (TPSA) is 109 Å². The Morgan fingerprint density at radius 2 is 2.25 bits per heavy atom. The number of benzene rings is 1. The van der Waals surface area contributed by atoms with Gasteiger partial charge in [0.05, 0.1) is 19.0 Å². The number of aromatic amines is 1. The van der Waals surface area contributed by atoms with Gasteiger partial charge < -0.3 is 10.1 Å². The number of carbonyl (C=O) groups excluding carboxylic acids is 1. The predicted molar refractivity (Wildman–Crippen MR) is 86.5 cm³/mol. The fraction of sp³-hybridized carbons (Fsp3) is 0.125. The highest BCUT2D eigenvalue weighted by Gasteiger charge is 2.16. The van der Waals surface area contributed by atoms with E-state index in [-0.39, 0.29) is 5.69 Å². The van der Waals surface area contributed by atoms with Crippen LogP contribution >= 0.6 is 0 Å². The lowest BCUT2D eigenvalue weighted by Crippen LogP contribution is -2.15. The molecular weight excluding hydrogens is 308 g/mol. The summed E-state index contributed by atoms with van der Waals surface area (Å²) in [6.45, 7) is 0. The SMILES string of the molecule is COc1cccc(-c2cc(C(=O)Nc3c(C#N)cnn3C)[nH]n2)c1. The van der Waals surface area contributed by atoms with Crippen LogP contribution in [0.2, 0.25) is 0 Å². The molecule has 0 radical (unpaired) electrons. The van der Waals surface area contributed by atoms with E-state index in [2.05, 4.69) is 20.6 Å². The van der Waals surface area contributed by atoms with Crippen molar-refractivity contribution in [1.29, 1.82) is 5.26 Å². The Kier molecular flexibility index (Phi) is 3.99. The number of rotatable bonds is 4. The van der Waals surface area contributed by atoms with E-state index in [9.17, 15) is 4.79 Å². The van der Waals surface area contributed by atoms with Gasteiger partial charge in [0.15, 0.2) is 0 Å². The summed E-state index contributed by atoms with van der Waals surface area (Å²) in [4.78, 5) is 12.3. The lowest BCUT2D eigenvalue weighted by atomic mass is 10.1. The van der Waals surface area contributed by atoms with E-state index in [0.717, 1.165) is 5.56 Å². The van der Waals surface area contributed by atoms with Gasteiger partial charge in [-0.15, -0.1) is 0 Å². The highest BCUT2D eigenvalue weighted by atomic mass is 16.5. The predicted octanol–water partition coefficient (Wildman–Crippen LogP) is 1.94. The van der Waals surface area contributed by atoms with Gasteiger partial charge in [-0.2, -0.15) is 15.5 Å². The number of nitriles is 1. The fourth-order valence-electron chi connectivity index (χ4n) is 2.21. The molecule has 2 heterocycles. The van der Waals surface area contributed by atoms with E-state index in [4.69, 9.17) is 10.00 Å². The monoisotopic (exact) mass is 322 g/mol. The molecular formula is C16H14N6O2. The van der Waals surface area contributed by atoms with Crippen LogP contribution in [0.5, 0.6) is 5.75 Å². The number of hydrogen-bond donors (Lipinski definition) is 2. The van der Waals surface area contributed by atoms with Gasteiger partial charge in [-0.25, -0.2) is 0 Å². The number of nitrogens with zero attached hydrogens (tertiary/aromatic N) is 4. The summed E-state index contributed by atoms with van der Waals surface area (Å²) in [6, 6.07) is 11.0. The number of methoxy groups -OCH3 is 1. The molecule has 3 rings (SSSR count). The number of anilines is 1. The molecule has 0 aliphatic rings. The van der Waals surface area contributed by atoms with Gasteiger partial charge in [0.25, 0.3) is 5.91 Å². The van der Waals surface area contributed by atoms with Gasteiger partial charge in [0.1, 0.15) is 28.9 Å². The van der Waals surface area contributed by atoms with Gasteiger partial charge in [-0.1, -0.05) is 12.1 Å². The first-order valence-corrected chi connectivity index (χ1v) is 7.05. The Morgan fingerprint density at radius 1 is 1.42 bits per heavy atom. The number of hydrogen-bond acceptors (Lipinski definition) is 5. The molecule has 0 aliphatic carbocycles. The van der Waals surface area contributed by atoms with Crippen LogP contribution < -0.4 is 10.1 Å². The summed E-state index contributed by atoms with van der Waals surface area (Å²) >= 11 is 0. The smallest absolute Gasteiger partial charge is 0.274 e. The maximum atomic E-state index is 12.3. The Balaban J connectivity index is 1.83. The Hall–Kier alpha value is -3.60. The molecule has 2 aromatic heterocycles. The average molecular weight is 322 g/mol. The summed E-state index contributed by atoms with van der Waals surface area (Å²) in [6.07, 6.45) is 1.39. The van der Waals surface area contributed by atoms with Crippen LogP contribution in [0.3, 0.4) is 0 Å². The number of nitrogens with one attached hydrogen (secondary N) is 2. The Labute approximate surface area is 137 Å². The second kappa shape index (κ2) is 6.26. The molecule has 0 saturated carbocycles. The van der Waals surface area contributed by atoms with E-state index in [0.29, 0.717) is 22.8 Å². The van der Waals surface area contributed by atoms with Crippen LogP contribution in [0.25, 0.3) is 11.3 Å². The fourth-order valence-corrected chi connectivity index (χ4v) is 2.21. The van der Waals surface area contributed by atoms with E-state index in [1.54, 1.807) is 20.2 Å². The van der Waals surface area contributed by atoms with Crippen molar-refractivity contribution in [2.75, 3.05) is 12.4 Å². The molecule has 8 heteroatoms.